The summed E-state index contributed by atoms with van der Waals surface area (Å²) in [5.74, 6) is 0.801. The van der Waals surface area contributed by atoms with Crippen molar-refractivity contribution in [1.82, 2.24) is 4.90 Å². The zero-order valence-electron chi connectivity index (χ0n) is 10.4. The Kier molecular flexibility index (Phi) is 5.58. The average molecular weight is 214 g/mol. The molecule has 1 aliphatic heterocycles. The molecule has 1 aliphatic rings. The zero-order valence-corrected chi connectivity index (χ0v) is 10.4. The summed E-state index contributed by atoms with van der Waals surface area (Å²) in [6.45, 7) is 7.43. The van der Waals surface area contributed by atoms with Gasteiger partial charge < -0.3 is 15.4 Å². The van der Waals surface area contributed by atoms with Crippen LogP contribution < -0.4 is 5.73 Å². The molecular formula is C12H26N2O. The van der Waals surface area contributed by atoms with Gasteiger partial charge in [0.2, 0.25) is 0 Å². The van der Waals surface area contributed by atoms with Crippen LogP contribution in [-0.4, -0.2) is 43.8 Å². The lowest BCUT2D eigenvalue weighted by atomic mass is 9.98. The zero-order chi connectivity index (χ0) is 11.3. The fraction of sp³-hybridized carbons (Fsp3) is 1.00. The molecule has 0 radical (unpaired) electrons. The van der Waals surface area contributed by atoms with Gasteiger partial charge in [-0.1, -0.05) is 6.92 Å². The fourth-order valence-electron chi connectivity index (χ4n) is 2.17. The van der Waals surface area contributed by atoms with Gasteiger partial charge in [-0.15, -0.1) is 0 Å². The molecule has 0 spiro atoms. The SMILES string of the molecule is CCC(N)C(C)N(C)CC1CCOCC1. The van der Waals surface area contributed by atoms with Crippen molar-refractivity contribution in [2.24, 2.45) is 11.7 Å². The number of ether oxygens (including phenoxy) is 1. The largest absolute Gasteiger partial charge is 0.381 e. The lowest BCUT2D eigenvalue weighted by Crippen LogP contribution is -2.45. The smallest absolute Gasteiger partial charge is 0.0469 e. The fourth-order valence-corrected chi connectivity index (χ4v) is 2.17. The summed E-state index contributed by atoms with van der Waals surface area (Å²) in [7, 11) is 2.19. The first-order valence-electron chi connectivity index (χ1n) is 6.18. The van der Waals surface area contributed by atoms with Gasteiger partial charge in [0, 0.05) is 31.8 Å². The van der Waals surface area contributed by atoms with E-state index in [0.717, 1.165) is 32.1 Å². The van der Waals surface area contributed by atoms with Crippen LogP contribution >= 0.6 is 0 Å². The van der Waals surface area contributed by atoms with Crippen LogP contribution in [0.1, 0.15) is 33.1 Å². The van der Waals surface area contributed by atoms with Gasteiger partial charge in [-0.25, -0.2) is 0 Å². The van der Waals surface area contributed by atoms with E-state index in [-0.39, 0.29) is 0 Å². The van der Waals surface area contributed by atoms with Crippen molar-refractivity contribution in [3.8, 4) is 0 Å². The number of nitrogens with zero attached hydrogens (tertiary/aromatic N) is 1. The second kappa shape index (κ2) is 6.46. The first-order valence-corrected chi connectivity index (χ1v) is 6.18. The molecule has 1 fully saturated rings. The molecule has 0 bridgehead atoms. The van der Waals surface area contributed by atoms with Crippen LogP contribution in [0.25, 0.3) is 0 Å². The van der Waals surface area contributed by atoms with Crippen LogP contribution in [0.2, 0.25) is 0 Å². The number of nitrogens with two attached hydrogens (primary N) is 1. The van der Waals surface area contributed by atoms with Gasteiger partial charge in [0.1, 0.15) is 0 Å². The molecular weight excluding hydrogens is 188 g/mol. The van der Waals surface area contributed by atoms with Gasteiger partial charge in [0.15, 0.2) is 0 Å². The molecule has 0 aromatic rings. The predicted octanol–water partition coefficient (Wildman–Crippen LogP) is 1.47. The third-order valence-electron chi connectivity index (χ3n) is 3.67. The van der Waals surface area contributed by atoms with E-state index in [1.54, 1.807) is 0 Å². The predicted molar refractivity (Wildman–Crippen MR) is 63.9 cm³/mol. The standard InChI is InChI=1S/C12H26N2O/c1-4-12(13)10(2)14(3)9-11-5-7-15-8-6-11/h10-12H,4-9,13H2,1-3H3. The van der Waals surface area contributed by atoms with E-state index in [1.807, 2.05) is 0 Å². The third kappa shape index (κ3) is 4.09. The Balaban J connectivity index is 2.29. The average Bonchev–Trinajstić information content (AvgIpc) is 2.28. The van der Waals surface area contributed by atoms with Gasteiger partial charge >= 0.3 is 0 Å². The highest BCUT2D eigenvalue weighted by molar-refractivity contribution is 4.77. The second-order valence-corrected chi connectivity index (χ2v) is 4.81. The van der Waals surface area contributed by atoms with Crippen molar-refractivity contribution >= 4 is 0 Å². The van der Waals surface area contributed by atoms with Crippen LogP contribution in [0.15, 0.2) is 0 Å². The van der Waals surface area contributed by atoms with Gasteiger partial charge in [-0.05, 0) is 39.2 Å². The molecule has 0 aromatic heterocycles. The first-order chi connectivity index (χ1) is 7.15. The van der Waals surface area contributed by atoms with Gasteiger partial charge in [0.25, 0.3) is 0 Å². The van der Waals surface area contributed by atoms with Crippen molar-refractivity contribution in [3.63, 3.8) is 0 Å². The molecule has 0 saturated carbocycles. The van der Waals surface area contributed by atoms with Crippen LogP contribution in [0.5, 0.6) is 0 Å². The summed E-state index contributed by atoms with van der Waals surface area (Å²) in [5.41, 5.74) is 6.06. The van der Waals surface area contributed by atoms with Crippen molar-refractivity contribution in [3.05, 3.63) is 0 Å². The Bertz CT molecular complexity index is 169. The van der Waals surface area contributed by atoms with E-state index < -0.39 is 0 Å². The molecule has 15 heavy (non-hydrogen) atoms. The van der Waals surface area contributed by atoms with E-state index in [9.17, 15) is 0 Å². The Hall–Kier alpha value is -0.120. The first kappa shape index (κ1) is 12.9. The van der Waals surface area contributed by atoms with Crippen molar-refractivity contribution in [2.45, 2.75) is 45.2 Å². The van der Waals surface area contributed by atoms with Crippen LogP contribution in [0.3, 0.4) is 0 Å². The summed E-state index contributed by atoms with van der Waals surface area (Å²) < 4.78 is 5.37. The molecule has 2 unspecified atom stereocenters. The molecule has 0 amide bonds. The van der Waals surface area contributed by atoms with E-state index in [2.05, 4.69) is 25.8 Å². The molecule has 1 saturated heterocycles. The maximum absolute atomic E-state index is 6.06. The van der Waals surface area contributed by atoms with E-state index in [0.29, 0.717) is 12.1 Å². The third-order valence-corrected chi connectivity index (χ3v) is 3.67. The molecule has 3 nitrogen and oxygen atoms in total. The quantitative estimate of drug-likeness (QED) is 0.753. The number of rotatable bonds is 5. The lowest BCUT2D eigenvalue weighted by molar-refractivity contribution is 0.0496. The Morgan fingerprint density at radius 1 is 1.40 bits per heavy atom. The summed E-state index contributed by atoms with van der Waals surface area (Å²) in [6, 6.07) is 0.785. The summed E-state index contributed by atoms with van der Waals surface area (Å²) in [5, 5.41) is 0. The normalized spacial score (nSPS) is 23.0. The minimum absolute atomic E-state index is 0.301. The summed E-state index contributed by atoms with van der Waals surface area (Å²) in [6.07, 6.45) is 3.47. The Morgan fingerprint density at radius 2 is 2.00 bits per heavy atom. The van der Waals surface area contributed by atoms with Gasteiger partial charge in [-0.3, -0.25) is 0 Å². The highest BCUT2D eigenvalue weighted by Crippen LogP contribution is 2.17. The molecule has 0 aromatic carbocycles. The van der Waals surface area contributed by atoms with Gasteiger partial charge in [0.05, 0.1) is 0 Å². The van der Waals surface area contributed by atoms with Crippen LogP contribution in [0.4, 0.5) is 0 Å². The highest BCUT2D eigenvalue weighted by atomic mass is 16.5. The molecule has 2 atom stereocenters. The molecule has 3 heteroatoms. The molecule has 0 aliphatic carbocycles. The molecule has 90 valence electrons. The number of hydrogen-bond donors (Lipinski definition) is 1. The monoisotopic (exact) mass is 214 g/mol. The maximum atomic E-state index is 6.06. The van der Waals surface area contributed by atoms with Gasteiger partial charge in [-0.2, -0.15) is 0 Å². The molecule has 2 N–H and O–H groups in total. The summed E-state index contributed by atoms with van der Waals surface area (Å²) >= 11 is 0. The molecule has 1 rings (SSSR count). The molecule has 1 heterocycles. The Labute approximate surface area is 94.0 Å². The van der Waals surface area contributed by atoms with E-state index >= 15 is 0 Å². The minimum Gasteiger partial charge on any atom is -0.381 e. The highest BCUT2D eigenvalue weighted by Gasteiger charge is 2.21. The summed E-state index contributed by atoms with van der Waals surface area (Å²) in [4.78, 5) is 2.41. The van der Waals surface area contributed by atoms with Crippen LogP contribution in [-0.2, 0) is 4.74 Å². The number of hydrogen-bond acceptors (Lipinski definition) is 3. The minimum atomic E-state index is 0.301. The maximum Gasteiger partial charge on any atom is 0.0469 e. The second-order valence-electron chi connectivity index (χ2n) is 4.81. The Morgan fingerprint density at radius 3 is 2.53 bits per heavy atom. The van der Waals surface area contributed by atoms with Crippen molar-refractivity contribution in [1.29, 1.82) is 0 Å². The van der Waals surface area contributed by atoms with E-state index in [1.165, 1.54) is 12.8 Å². The van der Waals surface area contributed by atoms with Crippen LogP contribution in [0, 0.1) is 5.92 Å². The number of likely N-dealkylation sites (N-methyl/N-ethyl adjacent to an activating group) is 1. The lowest BCUT2D eigenvalue weighted by Gasteiger charge is -2.33. The van der Waals surface area contributed by atoms with Crippen molar-refractivity contribution < 1.29 is 4.74 Å². The van der Waals surface area contributed by atoms with E-state index in [4.69, 9.17) is 10.5 Å². The van der Waals surface area contributed by atoms with Crippen molar-refractivity contribution in [2.75, 3.05) is 26.8 Å². The topological polar surface area (TPSA) is 38.5 Å².